The van der Waals surface area contributed by atoms with Crippen LogP contribution in [0.1, 0.15) is 41.6 Å². The largest absolute Gasteiger partial charge is 0.493 e. The number of aliphatic carboxylic acids is 1. The lowest BCUT2D eigenvalue weighted by Gasteiger charge is -2.16. The summed E-state index contributed by atoms with van der Waals surface area (Å²) in [4.78, 5) is 23.1. The third-order valence-corrected chi connectivity index (χ3v) is 4.74. The Kier molecular flexibility index (Phi) is 6.94. The van der Waals surface area contributed by atoms with Gasteiger partial charge in [-0.25, -0.2) is 4.79 Å². The lowest BCUT2D eigenvalue weighted by molar-refractivity contribution is -0.139. The summed E-state index contributed by atoms with van der Waals surface area (Å²) in [6.07, 6.45) is 4.65. The van der Waals surface area contributed by atoms with E-state index in [2.05, 4.69) is 5.32 Å². The van der Waals surface area contributed by atoms with Crippen LogP contribution in [0.3, 0.4) is 0 Å². The van der Waals surface area contributed by atoms with Crippen molar-refractivity contribution in [2.45, 2.75) is 38.3 Å². The van der Waals surface area contributed by atoms with Crippen LogP contribution in [-0.2, 0) is 11.3 Å². The Morgan fingerprint density at radius 3 is 2.62 bits per heavy atom. The van der Waals surface area contributed by atoms with E-state index in [1.54, 1.807) is 43.5 Å². The van der Waals surface area contributed by atoms with Crippen LogP contribution in [0.4, 0.5) is 0 Å². The number of ether oxygens (including phenoxy) is 3. The third kappa shape index (κ3) is 5.88. The molecule has 2 aromatic rings. The van der Waals surface area contributed by atoms with Crippen molar-refractivity contribution < 1.29 is 28.9 Å². The number of carbonyl (C=O) groups is 2. The van der Waals surface area contributed by atoms with Crippen LogP contribution in [0.15, 0.2) is 42.5 Å². The number of methoxy groups -OCH3 is 1. The highest BCUT2D eigenvalue weighted by Gasteiger charge is 2.19. The van der Waals surface area contributed by atoms with E-state index in [-0.39, 0.29) is 18.6 Å². The van der Waals surface area contributed by atoms with Gasteiger partial charge in [0.1, 0.15) is 5.75 Å². The van der Waals surface area contributed by atoms with Crippen molar-refractivity contribution in [1.29, 1.82) is 0 Å². The van der Waals surface area contributed by atoms with Gasteiger partial charge in [0, 0.05) is 12.1 Å². The van der Waals surface area contributed by atoms with Crippen LogP contribution in [0.2, 0.25) is 0 Å². The highest BCUT2D eigenvalue weighted by atomic mass is 16.5. The van der Waals surface area contributed by atoms with Gasteiger partial charge in [0.15, 0.2) is 18.1 Å². The van der Waals surface area contributed by atoms with Crippen LogP contribution < -0.4 is 19.5 Å². The molecule has 0 saturated heterocycles. The summed E-state index contributed by atoms with van der Waals surface area (Å²) in [6, 6.07) is 12.1. The Balaban J connectivity index is 1.60. The van der Waals surface area contributed by atoms with Crippen molar-refractivity contribution in [3.8, 4) is 17.2 Å². The zero-order chi connectivity index (χ0) is 20.6. The van der Waals surface area contributed by atoms with Gasteiger partial charge in [-0.15, -0.1) is 0 Å². The first-order valence-corrected chi connectivity index (χ1v) is 9.61. The first kappa shape index (κ1) is 20.5. The molecular formula is C22H25NO6. The molecule has 1 saturated carbocycles. The summed E-state index contributed by atoms with van der Waals surface area (Å²) in [6.45, 7) is -0.128. The molecule has 3 rings (SSSR count). The van der Waals surface area contributed by atoms with Crippen LogP contribution in [-0.4, -0.2) is 36.8 Å². The second kappa shape index (κ2) is 9.82. The maximum absolute atomic E-state index is 12.5. The average Bonchev–Trinajstić information content (AvgIpc) is 3.24. The van der Waals surface area contributed by atoms with Crippen LogP contribution in [0.25, 0.3) is 0 Å². The van der Waals surface area contributed by atoms with Crippen LogP contribution >= 0.6 is 0 Å². The molecule has 0 unspecified atom stereocenters. The standard InChI is InChI=1S/C22H25NO6/c1-27-20-12-16(9-10-19(20)29-17-6-2-3-7-17)22(26)23-13-15-5-4-8-18(11-15)28-14-21(24)25/h4-5,8-12,17H,2-3,6-7,13-14H2,1H3,(H,23,26)(H,24,25). The smallest absolute Gasteiger partial charge is 0.341 e. The summed E-state index contributed by atoms with van der Waals surface area (Å²) in [7, 11) is 1.56. The fraction of sp³-hybridized carbons (Fsp3) is 0.364. The molecule has 0 heterocycles. The molecule has 29 heavy (non-hydrogen) atoms. The lowest BCUT2D eigenvalue weighted by atomic mass is 10.1. The highest BCUT2D eigenvalue weighted by Crippen LogP contribution is 2.32. The molecular weight excluding hydrogens is 374 g/mol. The Morgan fingerprint density at radius 2 is 1.90 bits per heavy atom. The van der Waals surface area contributed by atoms with Crippen molar-refractivity contribution in [3.05, 3.63) is 53.6 Å². The van der Waals surface area contributed by atoms with Gasteiger partial charge in [-0.1, -0.05) is 12.1 Å². The van der Waals surface area contributed by atoms with Crippen molar-refractivity contribution in [3.63, 3.8) is 0 Å². The molecule has 0 aliphatic heterocycles. The van der Waals surface area contributed by atoms with E-state index in [0.29, 0.717) is 22.8 Å². The number of carboxylic acid groups (broad SMARTS) is 1. The van der Waals surface area contributed by atoms with Crippen molar-refractivity contribution in [2.24, 2.45) is 0 Å². The number of hydrogen-bond donors (Lipinski definition) is 2. The lowest BCUT2D eigenvalue weighted by Crippen LogP contribution is -2.23. The predicted octanol–water partition coefficient (Wildman–Crippen LogP) is 3.41. The first-order chi connectivity index (χ1) is 14.0. The minimum Gasteiger partial charge on any atom is -0.493 e. The van der Waals surface area contributed by atoms with Gasteiger partial charge in [-0.3, -0.25) is 4.79 Å². The Hall–Kier alpha value is -3.22. The topological polar surface area (TPSA) is 94.1 Å². The molecule has 0 radical (unpaired) electrons. The van der Waals surface area contributed by atoms with E-state index in [4.69, 9.17) is 19.3 Å². The number of rotatable bonds is 9. The molecule has 7 nitrogen and oxygen atoms in total. The van der Waals surface area contributed by atoms with Gasteiger partial charge in [0.25, 0.3) is 5.91 Å². The molecule has 7 heteroatoms. The molecule has 0 spiro atoms. The normalized spacial score (nSPS) is 13.7. The van der Waals surface area contributed by atoms with Gasteiger partial charge >= 0.3 is 5.97 Å². The summed E-state index contributed by atoms with van der Waals surface area (Å²) in [5.41, 5.74) is 1.27. The zero-order valence-corrected chi connectivity index (χ0v) is 16.3. The summed E-state index contributed by atoms with van der Waals surface area (Å²) >= 11 is 0. The van der Waals surface area contributed by atoms with Crippen molar-refractivity contribution in [1.82, 2.24) is 5.32 Å². The SMILES string of the molecule is COc1cc(C(=O)NCc2cccc(OCC(=O)O)c2)ccc1OC1CCCC1. The zero-order valence-electron chi connectivity index (χ0n) is 16.3. The summed E-state index contributed by atoms with van der Waals surface area (Å²) in [5.74, 6) is 0.340. The van der Waals surface area contributed by atoms with E-state index < -0.39 is 12.6 Å². The average molecular weight is 399 g/mol. The second-order valence-electron chi connectivity index (χ2n) is 6.90. The van der Waals surface area contributed by atoms with Gasteiger partial charge in [-0.2, -0.15) is 0 Å². The number of nitrogens with one attached hydrogen (secondary N) is 1. The molecule has 1 aliphatic carbocycles. The fourth-order valence-electron chi connectivity index (χ4n) is 3.27. The molecule has 1 fully saturated rings. The van der Waals surface area contributed by atoms with Crippen LogP contribution in [0.5, 0.6) is 17.2 Å². The monoisotopic (exact) mass is 399 g/mol. The maximum Gasteiger partial charge on any atom is 0.341 e. The van der Waals surface area contributed by atoms with Crippen molar-refractivity contribution >= 4 is 11.9 Å². The molecule has 0 atom stereocenters. The van der Waals surface area contributed by atoms with Gasteiger partial charge in [0.2, 0.25) is 0 Å². The van der Waals surface area contributed by atoms with E-state index in [9.17, 15) is 9.59 Å². The van der Waals surface area contributed by atoms with E-state index in [1.165, 1.54) is 12.8 Å². The Labute approximate surface area is 169 Å². The Bertz CT molecular complexity index is 860. The number of carbonyl (C=O) groups excluding carboxylic acids is 1. The number of benzene rings is 2. The molecule has 0 bridgehead atoms. The summed E-state index contributed by atoms with van der Waals surface area (Å²) < 4.78 is 16.6. The van der Waals surface area contributed by atoms with E-state index in [0.717, 1.165) is 18.4 Å². The van der Waals surface area contributed by atoms with Gasteiger partial charge in [0.05, 0.1) is 13.2 Å². The highest BCUT2D eigenvalue weighted by molar-refractivity contribution is 5.94. The fourth-order valence-corrected chi connectivity index (χ4v) is 3.27. The third-order valence-electron chi connectivity index (χ3n) is 4.74. The molecule has 2 N–H and O–H groups in total. The maximum atomic E-state index is 12.5. The summed E-state index contributed by atoms with van der Waals surface area (Å²) in [5, 5.41) is 11.5. The molecule has 0 aromatic heterocycles. The van der Waals surface area contributed by atoms with Gasteiger partial charge in [-0.05, 0) is 61.6 Å². The minimum atomic E-state index is -1.04. The number of carboxylic acids is 1. The van der Waals surface area contributed by atoms with E-state index in [1.807, 2.05) is 6.07 Å². The quantitative estimate of drug-likeness (QED) is 0.671. The van der Waals surface area contributed by atoms with Gasteiger partial charge < -0.3 is 24.6 Å². The van der Waals surface area contributed by atoms with E-state index >= 15 is 0 Å². The van der Waals surface area contributed by atoms with Crippen LogP contribution in [0, 0.1) is 0 Å². The Morgan fingerprint density at radius 1 is 1.10 bits per heavy atom. The minimum absolute atomic E-state index is 0.208. The molecule has 154 valence electrons. The first-order valence-electron chi connectivity index (χ1n) is 9.61. The molecule has 1 aliphatic rings. The second-order valence-corrected chi connectivity index (χ2v) is 6.90. The number of amides is 1. The predicted molar refractivity (Wildman–Crippen MR) is 107 cm³/mol. The number of hydrogen-bond acceptors (Lipinski definition) is 5. The molecule has 1 amide bonds. The molecule has 2 aromatic carbocycles. The van der Waals surface area contributed by atoms with Crippen molar-refractivity contribution in [2.75, 3.05) is 13.7 Å².